The number of hydrogen-bond acceptors (Lipinski definition) is 1. The number of halogens is 2. The van der Waals surface area contributed by atoms with Crippen LogP contribution in [-0.4, -0.2) is 23.9 Å². The Hall–Kier alpha value is -1.87. The third-order valence-electron chi connectivity index (χ3n) is 2.40. The highest BCUT2D eigenvalue weighted by Gasteiger charge is 2.08. The molecule has 0 aromatic heterocycles. The molecular weight excluding hydrogens is 265 g/mol. The number of hydrogen-bond donors (Lipinski definition) is 0. The molecule has 1 rings (SSSR count). The Balaban J connectivity index is 2.87. The summed E-state index contributed by atoms with van der Waals surface area (Å²) in [5, 5.41) is 0.267. The first-order valence-electron chi connectivity index (χ1n) is 5.73. The van der Waals surface area contributed by atoms with Crippen LogP contribution in [0.2, 0.25) is 5.02 Å². The van der Waals surface area contributed by atoms with Gasteiger partial charge in [0.1, 0.15) is 5.82 Å². The van der Waals surface area contributed by atoms with Crippen LogP contribution in [0.1, 0.15) is 5.56 Å². The molecule has 0 aliphatic rings. The summed E-state index contributed by atoms with van der Waals surface area (Å²) in [6, 6.07) is 4.37. The van der Waals surface area contributed by atoms with Gasteiger partial charge in [-0.15, -0.1) is 13.2 Å². The second-order valence-corrected chi connectivity index (χ2v) is 4.20. The molecule has 1 aromatic carbocycles. The quantitative estimate of drug-likeness (QED) is 0.574. The Morgan fingerprint density at radius 2 is 1.95 bits per heavy atom. The molecule has 0 spiro atoms. The number of carbonyl (C=O) groups is 1. The monoisotopic (exact) mass is 279 g/mol. The lowest BCUT2D eigenvalue weighted by Crippen LogP contribution is -2.29. The van der Waals surface area contributed by atoms with Crippen LogP contribution >= 0.6 is 11.6 Å². The first-order valence-corrected chi connectivity index (χ1v) is 6.10. The van der Waals surface area contributed by atoms with E-state index < -0.39 is 5.82 Å². The summed E-state index contributed by atoms with van der Waals surface area (Å²) in [5.74, 6) is -0.713. The van der Waals surface area contributed by atoms with Crippen molar-refractivity contribution in [3.05, 3.63) is 66.0 Å². The van der Waals surface area contributed by atoms with Crippen molar-refractivity contribution in [2.24, 2.45) is 0 Å². The van der Waals surface area contributed by atoms with Crippen LogP contribution in [0, 0.1) is 5.82 Å². The van der Waals surface area contributed by atoms with Gasteiger partial charge < -0.3 is 4.90 Å². The molecule has 0 fully saturated rings. The molecule has 1 amide bonds. The molecule has 2 nitrogen and oxygen atoms in total. The minimum atomic E-state index is -0.462. The second-order valence-electron chi connectivity index (χ2n) is 3.79. The zero-order valence-electron chi connectivity index (χ0n) is 10.5. The van der Waals surface area contributed by atoms with Crippen molar-refractivity contribution in [3.8, 4) is 0 Å². The van der Waals surface area contributed by atoms with E-state index >= 15 is 0 Å². The van der Waals surface area contributed by atoms with Crippen LogP contribution in [0.15, 0.2) is 49.6 Å². The fraction of sp³-hybridized carbons (Fsp3) is 0.133. The Morgan fingerprint density at radius 1 is 1.32 bits per heavy atom. The van der Waals surface area contributed by atoms with Gasteiger partial charge in [0.05, 0.1) is 5.02 Å². The number of benzene rings is 1. The molecule has 0 saturated carbocycles. The molecular formula is C15H15ClFNO. The molecule has 0 heterocycles. The fourth-order valence-corrected chi connectivity index (χ4v) is 1.72. The van der Waals surface area contributed by atoms with Gasteiger partial charge in [-0.2, -0.15) is 0 Å². The van der Waals surface area contributed by atoms with Crippen LogP contribution in [0.25, 0.3) is 6.08 Å². The fourth-order valence-electron chi connectivity index (χ4n) is 1.50. The highest BCUT2D eigenvalue weighted by Crippen LogP contribution is 2.20. The number of rotatable bonds is 6. The zero-order valence-corrected chi connectivity index (χ0v) is 11.2. The van der Waals surface area contributed by atoms with Crippen molar-refractivity contribution >= 4 is 23.6 Å². The number of nitrogens with zero attached hydrogens (tertiary/aromatic N) is 1. The maximum atomic E-state index is 13.5. The normalized spacial score (nSPS) is 10.4. The first-order chi connectivity index (χ1) is 9.10. The van der Waals surface area contributed by atoms with Crippen molar-refractivity contribution in [3.63, 3.8) is 0 Å². The summed E-state index contributed by atoms with van der Waals surface area (Å²) in [7, 11) is 0. The molecule has 0 bridgehead atoms. The predicted octanol–water partition coefficient (Wildman–Crippen LogP) is 3.69. The third-order valence-corrected chi connectivity index (χ3v) is 2.73. The smallest absolute Gasteiger partial charge is 0.247 e. The number of amides is 1. The highest BCUT2D eigenvalue weighted by molar-refractivity contribution is 6.32. The van der Waals surface area contributed by atoms with Crippen molar-refractivity contribution in [2.75, 3.05) is 13.1 Å². The van der Waals surface area contributed by atoms with Gasteiger partial charge in [0.25, 0.3) is 0 Å². The summed E-state index contributed by atoms with van der Waals surface area (Å²) in [5.41, 5.74) is 0.203. The Morgan fingerprint density at radius 3 is 2.47 bits per heavy atom. The molecule has 4 heteroatoms. The van der Waals surface area contributed by atoms with Crippen molar-refractivity contribution in [1.82, 2.24) is 4.90 Å². The predicted molar refractivity (Wildman–Crippen MR) is 77.4 cm³/mol. The summed E-state index contributed by atoms with van der Waals surface area (Å²) < 4.78 is 13.5. The van der Waals surface area contributed by atoms with E-state index in [-0.39, 0.29) is 16.5 Å². The second kappa shape index (κ2) is 7.54. The van der Waals surface area contributed by atoms with Crippen LogP contribution in [0.5, 0.6) is 0 Å². The van der Waals surface area contributed by atoms with Crippen LogP contribution in [0.3, 0.4) is 0 Å². The molecule has 0 radical (unpaired) electrons. The molecule has 0 unspecified atom stereocenters. The Labute approximate surface area is 117 Å². The average Bonchev–Trinajstić information content (AvgIpc) is 2.37. The minimum Gasteiger partial charge on any atom is -0.332 e. The van der Waals surface area contributed by atoms with Gasteiger partial charge in [-0.1, -0.05) is 29.8 Å². The van der Waals surface area contributed by atoms with E-state index in [1.54, 1.807) is 18.2 Å². The molecule has 0 N–H and O–H groups in total. The van der Waals surface area contributed by atoms with Crippen LogP contribution in [-0.2, 0) is 4.79 Å². The standard InChI is InChI=1S/C15H15ClFNO/c1-3-10-18(11-4-2)15(19)9-8-12-13(16)6-5-7-14(12)17/h3-9H,1-2,10-11H2/b9-8+. The van der Waals surface area contributed by atoms with Crippen LogP contribution < -0.4 is 0 Å². The summed E-state index contributed by atoms with van der Waals surface area (Å²) >= 11 is 5.87. The molecule has 0 aliphatic carbocycles. The lowest BCUT2D eigenvalue weighted by atomic mass is 10.2. The van der Waals surface area contributed by atoms with Crippen LogP contribution in [0.4, 0.5) is 4.39 Å². The molecule has 0 atom stereocenters. The van der Waals surface area contributed by atoms with Gasteiger partial charge >= 0.3 is 0 Å². The zero-order chi connectivity index (χ0) is 14.3. The molecule has 19 heavy (non-hydrogen) atoms. The van der Waals surface area contributed by atoms with E-state index in [2.05, 4.69) is 13.2 Å². The minimum absolute atomic E-state index is 0.203. The van der Waals surface area contributed by atoms with Gasteiger partial charge in [0.15, 0.2) is 0 Å². The summed E-state index contributed by atoms with van der Waals surface area (Å²) in [4.78, 5) is 13.4. The van der Waals surface area contributed by atoms with E-state index in [0.29, 0.717) is 13.1 Å². The lowest BCUT2D eigenvalue weighted by Gasteiger charge is -2.16. The van der Waals surface area contributed by atoms with Gasteiger partial charge in [0.2, 0.25) is 5.91 Å². The van der Waals surface area contributed by atoms with E-state index in [9.17, 15) is 9.18 Å². The first kappa shape index (κ1) is 15.2. The maximum Gasteiger partial charge on any atom is 0.247 e. The Bertz CT molecular complexity index is 481. The molecule has 0 saturated heterocycles. The van der Waals surface area contributed by atoms with Gasteiger partial charge in [0, 0.05) is 24.7 Å². The van der Waals surface area contributed by atoms with E-state index in [1.807, 2.05) is 0 Å². The largest absolute Gasteiger partial charge is 0.332 e. The number of carbonyl (C=O) groups excluding carboxylic acids is 1. The van der Waals surface area contributed by atoms with Gasteiger partial charge in [-0.3, -0.25) is 4.79 Å². The molecule has 1 aromatic rings. The highest BCUT2D eigenvalue weighted by atomic mass is 35.5. The lowest BCUT2D eigenvalue weighted by molar-refractivity contribution is -0.124. The summed E-state index contributed by atoms with van der Waals surface area (Å²) in [6.07, 6.45) is 5.90. The van der Waals surface area contributed by atoms with Gasteiger partial charge in [-0.05, 0) is 18.2 Å². The van der Waals surface area contributed by atoms with E-state index in [4.69, 9.17) is 11.6 Å². The van der Waals surface area contributed by atoms with E-state index in [0.717, 1.165) is 0 Å². The molecule has 100 valence electrons. The van der Waals surface area contributed by atoms with Crippen molar-refractivity contribution in [1.29, 1.82) is 0 Å². The maximum absolute atomic E-state index is 13.5. The topological polar surface area (TPSA) is 20.3 Å². The van der Waals surface area contributed by atoms with Crippen molar-refractivity contribution in [2.45, 2.75) is 0 Å². The summed E-state index contributed by atoms with van der Waals surface area (Å²) in [6.45, 7) is 7.96. The third kappa shape index (κ3) is 4.38. The van der Waals surface area contributed by atoms with Crippen molar-refractivity contribution < 1.29 is 9.18 Å². The average molecular weight is 280 g/mol. The van der Waals surface area contributed by atoms with E-state index in [1.165, 1.54) is 29.2 Å². The SMILES string of the molecule is C=CCN(CC=C)C(=O)/C=C/c1c(F)cccc1Cl. The Kier molecular flexibility index (Phi) is 6.03. The van der Waals surface area contributed by atoms with Gasteiger partial charge in [-0.25, -0.2) is 4.39 Å². The molecule has 0 aliphatic heterocycles.